The fourth-order valence-electron chi connectivity index (χ4n) is 2.34. The lowest BCUT2D eigenvalue weighted by molar-refractivity contribution is 0.0937. The number of nitrogens with one attached hydrogen (secondary N) is 2. The van der Waals surface area contributed by atoms with Crippen LogP contribution < -0.4 is 5.32 Å². The number of carbonyl (C=O) groups is 2. The van der Waals surface area contributed by atoms with E-state index in [1.165, 1.54) is 0 Å². The van der Waals surface area contributed by atoms with E-state index in [2.05, 4.69) is 10.3 Å². The SMILES string of the molecule is Cc1c(C(=O)NC(C)C)[nH]c2c1C(=O)CCC2. The number of ketones is 1. The molecule has 1 amide bonds. The lowest BCUT2D eigenvalue weighted by Crippen LogP contribution is -2.30. The summed E-state index contributed by atoms with van der Waals surface area (Å²) >= 11 is 0. The van der Waals surface area contributed by atoms with Gasteiger partial charge in [0, 0.05) is 23.7 Å². The Morgan fingerprint density at radius 3 is 2.65 bits per heavy atom. The van der Waals surface area contributed by atoms with Crippen molar-refractivity contribution in [2.75, 3.05) is 0 Å². The molecule has 1 aromatic rings. The summed E-state index contributed by atoms with van der Waals surface area (Å²) in [5, 5.41) is 2.84. The summed E-state index contributed by atoms with van der Waals surface area (Å²) in [6.45, 7) is 5.68. The highest BCUT2D eigenvalue weighted by molar-refractivity contribution is 6.04. The van der Waals surface area contributed by atoms with Gasteiger partial charge in [-0.25, -0.2) is 0 Å². The molecule has 0 bridgehead atoms. The highest BCUT2D eigenvalue weighted by Gasteiger charge is 2.26. The molecule has 4 nitrogen and oxygen atoms in total. The van der Waals surface area contributed by atoms with Gasteiger partial charge >= 0.3 is 0 Å². The van der Waals surface area contributed by atoms with Crippen LogP contribution in [0.2, 0.25) is 0 Å². The highest BCUT2D eigenvalue weighted by atomic mass is 16.2. The van der Waals surface area contributed by atoms with E-state index in [1.54, 1.807) is 0 Å². The largest absolute Gasteiger partial charge is 0.354 e. The molecule has 0 radical (unpaired) electrons. The molecule has 0 saturated heterocycles. The van der Waals surface area contributed by atoms with E-state index in [9.17, 15) is 9.59 Å². The Labute approximate surface area is 101 Å². The first-order valence-corrected chi connectivity index (χ1v) is 6.06. The molecule has 1 heterocycles. The predicted octanol–water partition coefficient (Wildman–Crippen LogP) is 1.98. The number of rotatable bonds is 2. The second-order valence-corrected chi connectivity index (χ2v) is 4.88. The van der Waals surface area contributed by atoms with Crippen LogP contribution in [0, 0.1) is 6.92 Å². The van der Waals surface area contributed by atoms with E-state index < -0.39 is 0 Å². The first-order valence-electron chi connectivity index (χ1n) is 6.06. The Hall–Kier alpha value is -1.58. The van der Waals surface area contributed by atoms with Crippen LogP contribution in [0.5, 0.6) is 0 Å². The second kappa shape index (κ2) is 4.35. The molecule has 2 rings (SSSR count). The molecule has 1 aliphatic carbocycles. The molecule has 0 aliphatic heterocycles. The van der Waals surface area contributed by atoms with Gasteiger partial charge in [-0.1, -0.05) is 0 Å². The zero-order valence-electron chi connectivity index (χ0n) is 10.5. The van der Waals surface area contributed by atoms with Crippen molar-refractivity contribution in [1.29, 1.82) is 0 Å². The maximum atomic E-state index is 11.9. The van der Waals surface area contributed by atoms with Gasteiger partial charge in [-0.3, -0.25) is 9.59 Å². The monoisotopic (exact) mass is 234 g/mol. The highest BCUT2D eigenvalue weighted by Crippen LogP contribution is 2.26. The molecule has 1 aromatic heterocycles. The number of aromatic nitrogens is 1. The molecular weight excluding hydrogens is 216 g/mol. The maximum absolute atomic E-state index is 11.9. The van der Waals surface area contributed by atoms with E-state index in [0.717, 1.165) is 29.7 Å². The molecule has 4 heteroatoms. The van der Waals surface area contributed by atoms with Crippen LogP contribution in [0.15, 0.2) is 0 Å². The molecule has 2 N–H and O–H groups in total. The molecule has 0 fully saturated rings. The van der Waals surface area contributed by atoms with Crippen molar-refractivity contribution >= 4 is 11.7 Å². The Kier molecular flexibility index (Phi) is 3.05. The van der Waals surface area contributed by atoms with Crippen LogP contribution in [0.3, 0.4) is 0 Å². The first-order chi connectivity index (χ1) is 8.00. The van der Waals surface area contributed by atoms with Crippen molar-refractivity contribution in [3.05, 3.63) is 22.5 Å². The average molecular weight is 234 g/mol. The maximum Gasteiger partial charge on any atom is 0.268 e. The number of amides is 1. The van der Waals surface area contributed by atoms with Crippen molar-refractivity contribution in [2.45, 2.75) is 46.1 Å². The summed E-state index contributed by atoms with van der Waals surface area (Å²) in [5.41, 5.74) is 3.00. The average Bonchev–Trinajstić information content (AvgIpc) is 2.56. The third-order valence-corrected chi connectivity index (χ3v) is 3.08. The molecule has 0 unspecified atom stereocenters. The normalized spacial score (nSPS) is 14.9. The van der Waals surface area contributed by atoms with Gasteiger partial charge in [0.2, 0.25) is 0 Å². The number of Topliss-reactive ketones (excluding diaryl/α,β-unsaturated/α-hetero) is 1. The van der Waals surface area contributed by atoms with Gasteiger partial charge in [0.15, 0.2) is 5.78 Å². The Morgan fingerprint density at radius 1 is 1.35 bits per heavy atom. The minimum Gasteiger partial charge on any atom is -0.354 e. The van der Waals surface area contributed by atoms with Crippen molar-refractivity contribution in [2.24, 2.45) is 0 Å². The predicted molar refractivity (Wildman–Crippen MR) is 65.4 cm³/mol. The number of fused-ring (bicyclic) bond motifs is 1. The van der Waals surface area contributed by atoms with Crippen LogP contribution >= 0.6 is 0 Å². The second-order valence-electron chi connectivity index (χ2n) is 4.88. The zero-order chi connectivity index (χ0) is 12.6. The van der Waals surface area contributed by atoms with E-state index >= 15 is 0 Å². The van der Waals surface area contributed by atoms with E-state index in [1.807, 2.05) is 20.8 Å². The zero-order valence-corrected chi connectivity index (χ0v) is 10.5. The molecule has 92 valence electrons. The molecule has 0 atom stereocenters. The summed E-state index contributed by atoms with van der Waals surface area (Å²) in [4.78, 5) is 26.9. The third kappa shape index (κ3) is 2.12. The minimum atomic E-state index is -0.125. The number of hydrogen-bond donors (Lipinski definition) is 2. The number of hydrogen-bond acceptors (Lipinski definition) is 2. The molecule has 0 spiro atoms. The summed E-state index contributed by atoms with van der Waals surface area (Å²) in [7, 11) is 0. The summed E-state index contributed by atoms with van der Waals surface area (Å²) in [6, 6.07) is 0.0953. The fraction of sp³-hybridized carbons (Fsp3) is 0.538. The Morgan fingerprint density at radius 2 is 2.06 bits per heavy atom. The number of carbonyl (C=O) groups excluding carboxylic acids is 2. The van der Waals surface area contributed by atoms with Gasteiger partial charge in [-0.05, 0) is 39.2 Å². The van der Waals surface area contributed by atoms with Crippen LogP contribution in [-0.4, -0.2) is 22.7 Å². The third-order valence-electron chi connectivity index (χ3n) is 3.08. The lowest BCUT2D eigenvalue weighted by Gasteiger charge is -2.09. The van der Waals surface area contributed by atoms with Crippen molar-refractivity contribution in [3.8, 4) is 0 Å². The van der Waals surface area contributed by atoms with Crippen molar-refractivity contribution in [3.63, 3.8) is 0 Å². The van der Waals surface area contributed by atoms with E-state index in [4.69, 9.17) is 0 Å². The minimum absolute atomic E-state index is 0.0953. The summed E-state index contributed by atoms with van der Waals surface area (Å²) < 4.78 is 0. The van der Waals surface area contributed by atoms with Crippen LogP contribution in [-0.2, 0) is 6.42 Å². The van der Waals surface area contributed by atoms with Crippen LogP contribution in [0.4, 0.5) is 0 Å². The topological polar surface area (TPSA) is 62.0 Å². The smallest absolute Gasteiger partial charge is 0.268 e. The van der Waals surface area contributed by atoms with Gasteiger partial charge in [-0.2, -0.15) is 0 Å². The number of H-pyrrole nitrogens is 1. The molecule has 0 saturated carbocycles. The number of aromatic amines is 1. The lowest BCUT2D eigenvalue weighted by atomic mass is 9.94. The number of aryl methyl sites for hydroxylation is 1. The van der Waals surface area contributed by atoms with Crippen LogP contribution in [0.1, 0.15) is 58.8 Å². The molecule has 1 aliphatic rings. The van der Waals surface area contributed by atoms with Crippen LogP contribution in [0.25, 0.3) is 0 Å². The van der Waals surface area contributed by atoms with Gasteiger partial charge in [-0.15, -0.1) is 0 Å². The van der Waals surface area contributed by atoms with Gasteiger partial charge < -0.3 is 10.3 Å². The van der Waals surface area contributed by atoms with Gasteiger partial charge in [0.05, 0.1) is 0 Å². The molecular formula is C13H18N2O2. The Balaban J connectivity index is 2.37. The molecule has 0 aromatic carbocycles. The Bertz CT molecular complexity index is 472. The van der Waals surface area contributed by atoms with E-state index in [0.29, 0.717) is 12.1 Å². The van der Waals surface area contributed by atoms with E-state index in [-0.39, 0.29) is 17.7 Å². The van der Waals surface area contributed by atoms with Gasteiger partial charge in [0.25, 0.3) is 5.91 Å². The standard InChI is InChI=1S/C13H18N2O2/c1-7(2)14-13(17)12-8(3)11-9(15-12)5-4-6-10(11)16/h7,15H,4-6H2,1-3H3,(H,14,17). The van der Waals surface area contributed by atoms with Gasteiger partial charge in [0.1, 0.15) is 5.69 Å². The van der Waals surface area contributed by atoms with Crippen molar-refractivity contribution < 1.29 is 9.59 Å². The molecule has 17 heavy (non-hydrogen) atoms. The quantitative estimate of drug-likeness (QED) is 0.822. The first kappa shape index (κ1) is 11.9. The summed E-state index contributed by atoms with van der Waals surface area (Å²) in [6.07, 6.45) is 2.32. The van der Waals surface area contributed by atoms with Crippen molar-refractivity contribution in [1.82, 2.24) is 10.3 Å². The summed E-state index contributed by atoms with van der Waals surface area (Å²) in [5.74, 6) is 0.0308. The fourth-order valence-corrected chi connectivity index (χ4v) is 2.34.